The number of carbonyl (C=O) groups excluding carboxylic acids is 1. The topological polar surface area (TPSA) is 130 Å². The smallest absolute Gasteiger partial charge is 0.245 e. The van der Waals surface area contributed by atoms with E-state index in [2.05, 4.69) is 25.2 Å². The molecule has 1 amide bonds. The molecule has 1 aromatic carbocycles. The molecule has 0 saturated heterocycles. The molecule has 150 valence electrons. The number of sulfonamides is 1. The van der Waals surface area contributed by atoms with Crippen molar-refractivity contribution < 1.29 is 17.7 Å². The van der Waals surface area contributed by atoms with Crippen LogP contribution in [0.4, 0.5) is 0 Å². The number of carbonyl (C=O) groups is 1. The molecular weight excluding hydrogens is 382 g/mol. The minimum atomic E-state index is -3.75. The van der Waals surface area contributed by atoms with Crippen LogP contribution in [0.15, 0.2) is 33.7 Å². The predicted octanol–water partition coefficient (Wildman–Crippen LogP) is 1.59. The van der Waals surface area contributed by atoms with Gasteiger partial charge in [0.25, 0.3) is 0 Å². The molecule has 0 aliphatic heterocycles. The third-order valence-corrected chi connectivity index (χ3v) is 5.94. The number of para-hydroxylation sites is 2. The van der Waals surface area contributed by atoms with E-state index in [9.17, 15) is 13.2 Å². The number of hydrogen-bond donors (Lipinski definition) is 3. The summed E-state index contributed by atoms with van der Waals surface area (Å²) in [4.78, 5) is 19.7. The van der Waals surface area contributed by atoms with Gasteiger partial charge in [-0.1, -0.05) is 17.3 Å². The zero-order valence-corrected chi connectivity index (χ0v) is 16.6. The number of nitrogens with zero attached hydrogens (tertiary/aromatic N) is 2. The van der Waals surface area contributed by atoms with Crippen molar-refractivity contribution in [1.29, 1.82) is 0 Å². The predicted molar refractivity (Wildman–Crippen MR) is 103 cm³/mol. The fourth-order valence-corrected chi connectivity index (χ4v) is 4.28. The summed E-state index contributed by atoms with van der Waals surface area (Å²) in [5, 5.41) is 6.42. The molecule has 0 fully saturated rings. The molecule has 28 heavy (non-hydrogen) atoms. The van der Waals surface area contributed by atoms with Crippen molar-refractivity contribution in [3.63, 3.8) is 0 Å². The Kier molecular flexibility index (Phi) is 6.10. The van der Waals surface area contributed by atoms with E-state index in [-0.39, 0.29) is 29.5 Å². The molecule has 3 rings (SSSR count). The fourth-order valence-electron chi connectivity index (χ4n) is 2.93. The van der Waals surface area contributed by atoms with Gasteiger partial charge in [-0.25, -0.2) is 18.1 Å². The van der Waals surface area contributed by atoms with Crippen LogP contribution >= 0.6 is 0 Å². The van der Waals surface area contributed by atoms with E-state index in [1.807, 2.05) is 24.3 Å². The van der Waals surface area contributed by atoms with Crippen molar-refractivity contribution in [3.8, 4) is 0 Å². The van der Waals surface area contributed by atoms with Gasteiger partial charge < -0.3 is 14.8 Å². The van der Waals surface area contributed by atoms with Crippen molar-refractivity contribution in [2.24, 2.45) is 0 Å². The average molecular weight is 405 g/mol. The van der Waals surface area contributed by atoms with Gasteiger partial charge in [0.15, 0.2) is 5.76 Å². The van der Waals surface area contributed by atoms with Crippen LogP contribution in [-0.2, 0) is 21.2 Å². The maximum atomic E-state index is 12.3. The highest BCUT2D eigenvalue weighted by Crippen LogP contribution is 2.18. The third kappa shape index (κ3) is 4.76. The first kappa shape index (κ1) is 20.0. The second-order valence-electron chi connectivity index (χ2n) is 6.46. The summed E-state index contributed by atoms with van der Waals surface area (Å²) in [7, 11) is -3.75. The molecule has 2 aromatic heterocycles. The number of aromatic amines is 1. The average Bonchev–Trinajstić information content (AvgIpc) is 3.21. The van der Waals surface area contributed by atoms with E-state index in [0.717, 1.165) is 23.3 Å². The van der Waals surface area contributed by atoms with Gasteiger partial charge in [0.1, 0.15) is 16.4 Å². The number of nitrogens with one attached hydrogen (secondary N) is 3. The van der Waals surface area contributed by atoms with Gasteiger partial charge in [-0.3, -0.25) is 4.79 Å². The minimum Gasteiger partial charge on any atom is -0.360 e. The molecular formula is C18H23N5O4S. The van der Waals surface area contributed by atoms with Crippen LogP contribution in [0.1, 0.15) is 30.1 Å². The van der Waals surface area contributed by atoms with Crippen molar-refractivity contribution >= 4 is 27.0 Å². The Bertz CT molecular complexity index is 1020. The van der Waals surface area contributed by atoms with Crippen LogP contribution in [0.5, 0.6) is 0 Å². The van der Waals surface area contributed by atoms with E-state index < -0.39 is 10.0 Å². The Morgan fingerprint density at radius 2 is 2.00 bits per heavy atom. The molecule has 0 unspecified atom stereocenters. The highest BCUT2D eigenvalue weighted by atomic mass is 32.2. The molecule has 0 bridgehead atoms. The number of hydrogen-bond acceptors (Lipinski definition) is 6. The number of amides is 1. The van der Waals surface area contributed by atoms with Crippen LogP contribution in [0, 0.1) is 13.8 Å². The second-order valence-corrected chi connectivity index (χ2v) is 8.16. The van der Waals surface area contributed by atoms with E-state index in [0.29, 0.717) is 18.7 Å². The molecule has 2 heterocycles. The summed E-state index contributed by atoms with van der Waals surface area (Å²) in [6, 6.07) is 7.80. The van der Waals surface area contributed by atoms with Gasteiger partial charge in [0.2, 0.25) is 15.9 Å². The van der Waals surface area contributed by atoms with Gasteiger partial charge >= 0.3 is 0 Å². The molecule has 0 spiro atoms. The number of H-pyrrole nitrogens is 1. The Balaban J connectivity index is 1.38. The number of rotatable bonds is 9. The maximum Gasteiger partial charge on any atom is 0.245 e. The van der Waals surface area contributed by atoms with Crippen LogP contribution in [0.25, 0.3) is 11.0 Å². The lowest BCUT2D eigenvalue weighted by Gasteiger charge is -2.07. The molecule has 0 aliphatic carbocycles. The van der Waals surface area contributed by atoms with Crippen LogP contribution < -0.4 is 10.0 Å². The molecule has 0 aliphatic rings. The van der Waals surface area contributed by atoms with Crippen LogP contribution in [0.2, 0.25) is 0 Å². The van der Waals surface area contributed by atoms with E-state index in [4.69, 9.17) is 4.52 Å². The zero-order valence-electron chi connectivity index (χ0n) is 15.8. The summed E-state index contributed by atoms with van der Waals surface area (Å²) in [5.74, 6) is 0.883. The summed E-state index contributed by atoms with van der Waals surface area (Å²) in [6.45, 7) is 3.58. The number of imidazole rings is 1. The lowest BCUT2D eigenvalue weighted by atomic mass is 10.3. The minimum absolute atomic E-state index is 0.00179. The van der Waals surface area contributed by atoms with Crippen molar-refractivity contribution in [1.82, 2.24) is 25.2 Å². The standard InChI is InChI=1S/C18H23N5O4S/c1-12-18(13(2)27-23-12)28(25,26)20-11-9-17(24)19-10-5-8-16-21-14-6-3-4-7-15(14)22-16/h3-4,6-7,20H,5,8-11H2,1-2H3,(H,19,24)(H,21,22). The Morgan fingerprint density at radius 1 is 1.21 bits per heavy atom. The van der Waals surface area contributed by atoms with Crippen molar-refractivity contribution in [3.05, 3.63) is 41.5 Å². The SMILES string of the molecule is Cc1noc(C)c1S(=O)(=O)NCCC(=O)NCCCc1nc2ccccc2[nH]1. The summed E-state index contributed by atoms with van der Waals surface area (Å²) < 4.78 is 31.8. The summed E-state index contributed by atoms with van der Waals surface area (Å²) >= 11 is 0. The van der Waals surface area contributed by atoms with Gasteiger partial charge in [-0.05, 0) is 32.4 Å². The first-order valence-corrected chi connectivity index (χ1v) is 10.5. The third-order valence-electron chi connectivity index (χ3n) is 4.23. The Hall–Kier alpha value is -2.72. The van der Waals surface area contributed by atoms with E-state index >= 15 is 0 Å². The summed E-state index contributed by atoms with van der Waals surface area (Å²) in [6.07, 6.45) is 1.50. The molecule has 3 aromatic rings. The number of fused-ring (bicyclic) bond motifs is 1. The molecule has 3 N–H and O–H groups in total. The lowest BCUT2D eigenvalue weighted by molar-refractivity contribution is -0.120. The largest absolute Gasteiger partial charge is 0.360 e. The molecule has 0 radical (unpaired) electrons. The van der Waals surface area contributed by atoms with Gasteiger partial charge in [-0.15, -0.1) is 0 Å². The molecule has 0 atom stereocenters. The normalized spacial score (nSPS) is 11.8. The quantitative estimate of drug-likeness (QED) is 0.464. The fraction of sp³-hybridized carbons (Fsp3) is 0.389. The Morgan fingerprint density at radius 3 is 2.71 bits per heavy atom. The van der Waals surface area contributed by atoms with E-state index in [1.54, 1.807) is 6.92 Å². The highest BCUT2D eigenvalue weighted by Gasteiger charge is 2.23. The van der Waals surface area contributed by atoms with Gasteiger partial charge in [0, 0.05) is 25.9 Å². The first-order valence-electron chi connectivity index (χ1n) is 8.99. The first-order chi connectivity index (χ1) is 13.4. The van der Waals surface area contributed by atoms with Crippen molar-refractivity contribution in [2.45, 2.75) is 38.0 Å². The van der Waals surface area contributed by atoms with Crippen LogP contribution in [-0.4, -0.2) is 42.5 Å². The highest BCUT2D eigenvalue weighted by molar-refractivity contribution is 7.89. The van der Waals surface area contributed by atoms with Crippen LogP contribution in [0.3, 0.4) is 0 Å². The maximum absolute atomic E-state index is 12.3. The molecule has 10 heteroatoms. The Labute approximate surface area is 163 Å². The summed E-state index contributed by atoms with van der Waals surface area (Å²) in [5.41, 5.74) is 2.21. The van der Waals surface area contributed by atoms with Gasteiger partial charge in [-0.2, -0.15) is 0 Å². The number of aromatic nitrogens is 3. The van der Waals surface area contributed by atoms with Gasteiger partial charge in [0.05, 0.1) is 11.0 Å². The molecule has 0 saturated carbocycles. The second kappa shape index (κ2) is 8.53. The number of aryl methyl sites for hydroxylation is 3. The zero-order chi connectivity index (χ0) is 20.1. The molecule has 9 nitrogen and oxygen atoms in total. The van der Waals surface area contributed by atoms with E-state index in [1.165, 1.54) is 6.92 Å². The monoisotopic (exact) mass is 405 g/mol. The lowest BCUT2D eigenvalue weighted by Crippen LogP contribution is -2.31. The number of benzene rings is 1. The van der Waals surface area contributed by atoms with Crippen molar-refractivity contribution in [2.75, 3.05) is 13.1 Å².